The smallest absolute Gasteiger partial charge is 0.293 e. The van der Waals surface area contributed by atoms with E-state index in [0.29, 0.717) is 0 Å². The molecule has 0 aliphatic rings. The SMILES string of the molecule is CCSCCn1ccc2cccc([N+](=O)[O-])c21. The lowest BCUT2D eigenvalue weighted by atomic mass is 10.2. The summed E-state index contributed by atoms with van der Waals surface area (Å²) in [5.74, 6) is 2.05. The van der Waals surface area contributed by atoms with E-state index in [1.165, 1.54) is 0 Å². The van der Waals surface area contributed by atoms with Crippen LogP contribution in [0.3, 0.4) is 0 Å². The minimum absolute atomic E-state index is 0.189. The van der Waals surface area contributed by atoms with Crippen molar-refractivity contribution < 1.29 is 4.92 Å². The Morgan fingerprint density at radius 1 is 1.41 bits per heavy atom. The third-order valence-electron chi connectivity index (χ3n) is 2.64. The lowest BCUT2D eigenvalue weighted by Crippen LogP contribution is -2.01. The van der Waals surface area contributed by atoms with Crippen molar-refractivity contribution in [3.05, 3.63) is 40.6 Å². The Balaban J connectivity index is 2.39. The number of hydrogen-bond donors (Lipinski definition) is 0. The fourth-order valence-electron chi connectivity index (χ4n) is 1.88. The Kier molecular flexibility index (Phi) is 3.68. The summed E-state index contributed by atoms with van der Waals surface area (Å²) in [5, 5.41) is 11.9. The van der Waals surface area contributed by atoms with Gasteiger partial charge in [0, 0.05) is 29.9 Å². The van der Waals surface area contributed by atoms with Crippen molar-refractivity contribution in [2.45, 2.75) is 13.5 Å². The Bertz CT molecular complexity index is 536. The van der Waals surface area contributed by atoms with E-state index in [1.807, 2.05) is 34.7 Å². The van der Waals surface area contributed by atoms with Gasteiger partial charge < -0.3 is 4.57 Å². The first kappa shape index (κ1) is 12.0. The summed E-state index contributed by atoms with van der Waals surface area (Å²) in [7, 11) is 0. The molecule has 0 amide bonds. The largest absolute Gasteiger partial charge is 0.341 e. The fraction of sp³-hybridized carbons (Fsp3) is 0.333. The number of thioether (sulfide) groups is 1. The predicted octanol–water partition coefficient (Wildman–Crippen LogP) is 3.30. The van der Waals surface area contributed by atoms with Gasteiger partial charge in [-0.1, -0.05) is 19.1 Å². The number of non-ortho nitro benzene ring substituents is 1. The van der Waals surface area contributed by atoms with Crippen LogP contribution < -0.4 is 0 Å². The molecule has 1 aromatic heterocycles. The van der Waals surface area contributed by atoms with Gasteiger partial charge in [-0.3, -0.25) is 10.1 Å². The molecule has 0 aliphatic heterocycles. The summed E-state index contributed by atoms with van der Waals surface area (Å²) in [6, 6.07) is 7.13. The molecule has 90 valence electrons. The summed E-state index contributed by atoms with van der Waals surface area (Å²) >= 11 is 1.84. The Morgan fingerprint density at radius 3 is 2.94 bits per heavy atom. The highest BCUT2D eigenvalue weighted by atomic mass is 32.2. The molecule has 0 saturated carbocycles. The molecule has 0 bridgehead atoms. The number of benzene rings is 1. The molecule has 0 saturated heterocycles. The van der Waals surface area contributed by atoms with Crippen molar-refractivity contribution in [1.29, 1.82) is 0 Å². The molecular formula is C12H14N2O2S. The van der Waals surface area contributed by atoms with Crippen molar-refractivity contribution in [2.24, 2.45) is 0 Å². The molecule has 1 aromatic carbocycles. The van der Waals surface area contributed by atoms with E-state index in [4.69, 9.17) is 0 Å². The lowest BCUT2D eigenvalue weighted by molar-refractivity contribution is -0.383. The van der Waals surface area contributed by atoms with Crippen LogP contribution in [0.1, 0.15) is 6.92 Å². The fourth-order valence-corrected chi connectivity index (χ4v) is 2.50. The van der Waals surface area contributed by atoms with Crippen molar-refractivity contribution >= 4 is 28.4 Å². The summed E-state index contributed by atoms with van der Waals surface area (Å²) < 4.78 is 1.97. The second kappa shape index (κ2) is 5.23. The van der Waals surface area contributed by atoms with Gasteiger partial charge in [-0.15, -0.1) is 0 Å². The number of aryl methyl sites for hydroxylation is 1. The van der Waals surface area contributed by atoms with E-state index >= 15 is 0 Å². The maximum atomic E-state index is 11.0. The van der Waals surface area contributed by atoms with E-state index in [9.17, 15) is 10.1 Å². The van der Waals surface area contributed by atoms with Gasteiger partial charge in [-0.2, -0.15) is 11.8 Å². The van der Waals surface area contributed by atoms with Gasteiger partial charge in [0.2, 0.25) is 0 Å². The van der Waals surface area contributed by atoms with Crippen LogP contribution in [0.5, 0.6) is 0 Å². The third-order valence-corrected chi connectivity index (χ3v) is 3.52. The molecule has 17 heavy (non-hydrogen) atoms. The van der Waals surface area contributed by atoms with Crippen LogP contribution in [-0.2, 0) is 6.54 Å². The molecule has 0 radical (unpaired) electrons. The van der Waals surface area contributed by atoms with E-state index in [-0.39, 0.29) is 10.6 Å². The van der Waals surface area contributed by atoms with Gasteiger partial charge in [0.05, 0.1) is 4.92 Å². The zero-order chi connectivity index (χ0) is 12.3. The summed E-state index contributed by atoms with van der Waals surface area (Å²) in [6.45, 7) is 2.92. The van der Waals surface area contributed by atoms with Crippen LogP contribution in [0, 0.1) is 10.1 Å². The normalized spacial score (nSPS) is 10.9. The molecule has 2 rings (SSSR count). The molecule has 4 nitrogen and oxygen atoms in total. The van der Waals surface area contributed by atoms with Gasteiger partial charge >= 0.3 is 0 Å². The molecule has 2 aromatic rings. The molecule has 0 unspecified atom stereocenters. The minimum atomic E-state index is -0.314. The van der Waals surface area contributed by atoms with Crippen LogP contribution >= 0.6 is 11.8 Å². The van der Waals surface area contributed by atoms with Crippen LogP contribution in [0.4, 0.5) is 5.69 Å². The average Bonchev–Trinajstić information content (AvgIpc) is 2.73. The number of aromatic nitrogens is 1. The zero-order valence-electron chi connectivity index (χ0n) is 9.63. The van der Waals surface area contributed by atoms with Gasteiger partial charge in [0.25, 0.3) is 5.69 Å². The number of rotatable bonds is 5. The van der Waals surface area contributed by atoms with E-state index in [0.717, 1.165) is 29.0 Å². The Morgan fingerprint density at radius 2 is 2.24 bits per heavy atom. The van der Waals surface area contributed by atoms with Crippen LogP contribution in [0.15, 0.2) is 30.5 Å². The third kappa shape index (κ3) is 2.44. The summed E-state index contributed by atoms with van der Waals surface area (Å²) in [4.78, 5) is 10.7. The first-order chi connectivity index (χ1) is 8.24. The number of nitrogens with zero attached hydrogens (tertiary/aromatic N) is 2. The first-order valence-electron chi connectivity index (χ1n) is 5.54. The van der Waals surface area contributed by atoms with Crippen LogP contribution in [-0.4, -0.2) is 21.0 Å². The standard InChI is InChI=1S/C12H14N2O2S/c1-2-17-9-8-13-7-6-10-4-3-5-11(12(10)13)14(15)16/h3-7H,2,8-9H2,1H3. The number of fused-ring (bicyclic) bond motifs is 1. The number of nitro groups is 1. The highest BCUT2D eigenvalue weighted by Gasteiger charge is 2.14. The van der Waals surface area contributed by atoms with Crippen molar-refractivity contribution in [2.75, 3.05) is 11.5 Å². The molecule has 1 heterocycles. The zero-order valence-corrected chi connectivity index (χ0v) is 10.4. The minimum Gasteiger partial charge on any atom is -0.341 e. The second-order valence-corrected chi connectivity index (χ2v) is 5.07. The van der Waals surface area contributed by atoms with Crippen LogP contribution in [0.25, 0.3) is 10.9 Å². The Hall–Kier alpha value is -1.49. The second-order valence-electron chi connectivity index (χ2n) is 3.68. The number of nitro benzene ring substituents is 1. The lowest BCUT2D eigenvalue weighted by Gasteiger charge is -2.04. The molecule has 0 spiro atoms. The van der Waals surface area contributed by atoms with Gasteiger partial charge in [-0.05, 0) is 11.8 Å². The van der Waals surface area contributed by atoms with E-state index in [2.05, 4.69) is 6.92 Å². The Labute approximate surface area is 104 Å². The summed E-state index contributed by atoms with van der Waals surface area (Å²) in [6.07, 6.45) is 1.92. The predicted molar refractivity (Wildman–Crippen MR) is 71.6 cm³/mol. The molecule has 0 N–H and O–H groups in total. The summed E-state index contributed by atoms with van der Waals surface area (Å²) in [5.41, 5.74) is 0.920. The van der Waals surface area contributed by atoms with Crippen LogP contribution in [0.2, 0.25) is 0 Å². The quantitative estimate of drug-likeness (QED) is 0.464. The number of hydrogen-bond acceptors (Lipinski definition) is 3. The van der Waals surface area contributed by atoms with E-state index in [1.54, 1.807) is 12.1 Å². The van der Waals surface area contributed by atoms with Gasteiger partial charge in [-0.25, -0.2) is 0 Å². The van der Waals surface area contributed by atoms with Crippen molar-refractivity contribution in [1.82, 2.24) is 4.57 Å². The topological polar surface area (TPSA) is 48.1 Å². The maximum absolute atomic E-state index is 11.0. The van der Waals surface area contributed by atoms with Crippen molar-refractivity contribution in [3.8, 4) is 0 Å². The highest BCUT2D eigenvalue weighted by molar-refractivity contribution is 7.99. The van der Waals surface area contributed by atoms with E-state index < -0.39 is 0 Å². The maximum Gasteiger partial charge on any atom is 0.293 e. The monoisotopic (exact) mass is 250 g/mol. The van der Waals surface area contributed by atoms with Gasteiger partial charge in [0.1, 0.15) is 5.52 Å². The number of para-hydroxylation sites is 1. The van der Waals surface area contributed by atoms with Crippen molar-refractivity contribution in [3.63, 3.8) is 0 Å². The molecule has 0 atom stereocenters. The molecule has 5 heteroatoms. The average molecular weight is 250 g/mol. The highest BCUT2D eigenvalue weighted by Crippen LogP contribution is 2.26. The molecule has 0 fully saturated rings. The van der Waals surface area contributed by atoms with Gasteiger partial charge in [0.15, 0.2) is 0 Å². The first-order valence-corrected chi connectivity index (χ1v) is 6.69. The molecular weight excluding hydrogens is 236 g/mol. The molecule has 0 aliphatic carbocycles.